The maximum Gasteiger partial charge on any atom is 0.172 e. The van der Waals surface area contributed by atoms with Crippen LogP contribution < -0.4 is 0 Å². The van der Waals surface area contributed by atoms with E-state index in [-0.39, 0.29) is 11.5 Å². The van der Waals surface area contributed by atoms with Crippen LogP contribution in [0.4, 0.5) is 0 Å². The summed E-state index contributed by atoms with van der Waals surface area (Å²) < 4.78 is 0.314. The third-order valence-corrected chi connectivity index (χ3v) is 1.78. The zero-order chi connectivity index (χ0) is 8.43. The van der Waals surface area contributed by atoms with Crippen molar-refractivity contribution in [2.24, 2.45) is 0 Å². The standard InChI is InChI=1S/C7H4BrNO2/c8-5-1-4(3-9)2-6(10)7(5)11/h1-2,10-11H. The van der Waals surface area contributed by atoms with Crippen molar-refractivity contribution in [2.45, 2.75) is 0 Å². The van der Waals surface area contributed by atoms with E-state index in [0.29, 0.717) is 10.0 Å². The van der Waals surface area contributed by atoms with Crippen LogP contribution in [-0.4, -0.2) is 10.2 Å². The molecular formula is C7H4BrNO2. The molecular weight excluding hydrogens is 210 g/mol. The van der Waals surface area contributed by atoms with E-state index in [2.05, 4.69) is 15.9 Å². The molecule has 0 aliphatic heterocycles. The van der Waals surface area contributed by atoms with Crippen LogP contribution in [0.2, 0.25) is 0 Å². The summed E-state index contributed by atoms with van der Waals surface area (Å²) in [5, 5.41) is 26.4. The van der Waals surface area contributed by atoms with Gasteiger partial charge in [-0.1, -0.05) is 0 Å². The van der Waals surface area contributed by atoms with Crippen molar-refractivity contribution >= 4 is 15.9 Å². The molecule has 1 aromatic rings. The molecule has 0 unspecified atom stereocenters. The SMILES string of the molecule is N#Cc1cc(O)c(O)c(Br)c1. The van der Waals surface area contributed by atoms with Gasteiger partial charge in [-0.3, -0.25) is 0 Å². The largest absolute Gasteiger partial charge is 0.504 e. The summed E-state index contributed by atoms with van der Waals surface area (Å²) in [6.45, 7) is 0. The summed E-state index contributed by atoms with van der Waals surface area (Å²) in [5.41, 5.74) is 0.298. The second kappa shape index (κ2) is 2.81. The summed E-state index contributed by atoms with van der Waals surface area (Å²) in [4.78, 5) is 0. The van der Waals surface area contributed by atoms with Gasteiger partial charge in [-0.15, -0.1) is 0 Å². The van der Waals surface area contributed by atoms with Gasteiger partial charge in [0.15, 0.2) is 11.5 Å². The smallest absolute Gasteiger partial charge is 0.172 e. The monoisotopic (exact) mass is 213 g/mol. The Hall–Kier alpha value is -1.21. The van der Waals surface area contributed by atoms with E-state index < -0.39 is 0 Å². The van der Waals surface area contributed by atoms with E-state index in [1.54, 1.807) is 0 Å². The topological polar surface area (TPSA) is 64.2 Å². The lowest BCUT2D eigenvalue weighted by Crippen LogP contribution is -1.76. The Bertz CT molecular complexity index is 307. The molecule has 11 heavy (non-hydrogen) atoms. The third kappa shape index (κ3) is 1.44. The molecule has 0 saturated heterocycles. The highest BCUT2D eigenvalue weighted by atomic mass is 79.9. The van der Waals surface area contributed by atoms with Crippen LogP contribution in [0.5, 0.6) is 11.5 Å². The number of phenols is 2. The zero-order valence-corrected chi connectivity index (χ0v) is 6.96. The highest BCUT2D eigenvalue weighted by Gasteiger charge is 2.05. The summed E-state index contributed by atoms with van der Waals surface area (Å²) >= 11 is 2.98. The van der Waals surface area contributed by atoms with Crippen molar-refractivity contribution in [3.8, 4) is 17.6 Å². The quantitative estimate of drug-likeness (QED) is 0.646. The van der Waals surface area contributed by atoms with Gasteiger partial charge in [-0.25, -0.2) is 0 Å². The van der Waals surface area contributed by atoms with Crippen LogP contribution in [0.3, 0.4) is 0 Å². The Balaban J connectivity index is 3.35. The van der Waals surface area contributed by atoms with E-state index >= 15 is 0 Å². The van der Waals surface area contributed by atoms with Crippen LogP contribution in [0.1, 0.15) is 5.56 Å². The van der Waals surface area contributed by atoms with Gasteiger partial charge in [0, 0.05) is 6.07 Å². The highest BCUT2D eigenvalue weighted by Crippen LogP contribution is 2.33. The summed E-state index contributed by atoms with van der Waals surface area (Å²) in [6.07, 6.45) is 0. The van der Waals surface area contributed by atoms with Gasteiger partial charge in [0.25, 0.3) is 0 Å². The lowest BCUT2D eigenvalue weighted by Gasteiger charge is -1.99. The summed E-state index contributed by atoms with van der Waals surface area (Å²) in [6, 6.07) is 4.45. The summed E-state index contributed by atoms with van der Waals surface area (Å²) in [7, 11) is 0. The average Bonchev–Trinajstić information content (AvgIpc) is 1.99. The molecule has 0 saturated carbocycles. The summed E-state index contributed by atoms with van der Waals surface area (Å²) in [5.74, 6) is -0.542. The predicted molar refractivity (Wildman–Crippen MR) is 42.2 cm³/mol. The maximum atomic E-state index is 9.02. The van der Waals surface area contributed by atoms with Crippen molar-refractivity contribution in [1.82, 2.24) is 0 Å². The highest BCUT2D eigenvalue weighted by molar-refractivity contribution is 9.10. The third-order valence-electron chi connectivity index (χ3n) is 1.17. The van der Waals surface area contributed by atoms with E-state index in [1.807, 2.05) is 6.07 Å². The lowest BCUT2D eigenvalue weighted by molar-refractivity contribution is 0.401. The number of nitriles is 1. The first kappa shape index (κ1) is 7.89. The van der Waals surface area contributed by atoms with Crippen LogP contribution >= 0.6 is 15.9 Å². The van der Waals surface area contributed by atoms with Crippen molar-refractivity contribution < 1.29 is 10.2 Å². The number of rotatable bonds is 0. The molecule has 0 amide bonds. The van der Waals surface area contributed by atoms with Gasteiger partial charge >= 0.3 is 0 Å². The van der Waals surface area contributed by atoms with Gasteiger partial charge < -0.3 is 10.2 Å². The Labute approximate surface area is 71.6 Å². The number of hydrogen-bond acceptors (Lipinski definition) is 3. The van der Waals surface area contributed by atoms with Gasteiger partial charge in [0.05, 0.1) is 16.1 Å². The van der Waals surface area contributed by atoms with Crippen LogP contribution in [-0.2, 0) is 0 Å². The first-order valence-electron chi connectivity index (χ1n) is 2.76. The molecule has 4 heteroatoms. The molecule has 3 nitrogen and oxygen atoms in total. The Morgan fingerprint density at radius 1 is 1.36 bits per heavy atom. The molecule has 0 aliphatic carbocycles. The molecule has 56 valence electrons. The number of nitrogens with zero attached hydrogens (tertiary/aromatic N) is 1. The minimum absolute atomic E-state index is 0.246. The van der Waals surface area contributed by atoms with Gasteiger partial charge in [0.1, 0.15) is 0 Å². The van der Waals surface area contributed by atoms with Gasteiger partial charge in [-0.05, 0) is 22.0 Å². The number of aromatic hydroxyl groups is 2. The fourth-order valence-corrected chi connectivity index (χ4v) is 1.10. The molecule has 1 rings (SSSR count). The molecule has 0 aromatic heterocycles. The Morgan fingerprint density at radius 3 is 2.45 bits per heavy atom. The first-order chi connectivity index (χ1) is 5.15. The zero-order valence-electron chi connectivity index (χ0n) is 5.37. The molecule has 0 heterocycles. The average molecular weight is 214 g/mol. The van der Waals surface area contributed by atoms with Crippen molar-refractivity contribution in [1.29, 1.82) is 5.26 Å². The molecule has 0 atom stereocenters. The second-order valence-electron chi connectivity index (χ2n) is 1.94. The number of benzene rings is 1. The Kier molecular flexibility index (Phi) is 2.01. The minimum atomic E-state index is -0.295. The molecule has 0 fully saturated rings. The van der Waals surface area contributed by atoms with Gasteiger partial charge in [0.2, 0.25) is 0 Å². The predicted octanol–water partition coefficient (Wildman–Crippen LogP) is 1.73. The van der Waals surface area contributed by atoms with Crippen molar-refractivity contribution in [3.05, 3.63) is 22.2 Å². The molecule has 0 spiro atoms. The first-order valence-corrected chi connectivity index (χ1v) is 3.56. The lowest BCUT2D eigenvalue weighted by atomic mass is 10.2. The maximum absolute atomic E-state index is 9.02. The molecule has 0 radical (unpaired) electrons. The Morgan fingerprint density at radius 2 is 2.00 bits per heavy atom. The number of hydrogen-bond donors (Lipinski definition) is 2. The number of phenolic OH excluding ortho intramolecular Hbond substituents is 2. The minimum Gasteiger partial charge on any atom is -0.504 e. The number of halogens is 1. The van der Waals surface area contributed by atoms with Crippen LogP contribution in [0.25, 0.3) is 0 Å². The molecule has 0 bridgehead atoms. The second-order valence-corrected chi connectivity index (χ2v) is 2.79. The normalized spacial score (nSPS) is 9.09. The van der Waals surface area contributed by atoms with Crippen molar-refractivity contribution in [2.75, 3.05) is 0 Å². The van der Waals surface area contributed by atoms with Crippen molar-refractivity contribution in [3.63, 3.8) is 0 Å². The van der Waals surface area contributed by atoms with E-state index in [4.69, 9.17) is 15.5 Å². The fourth-order valence-electron chi connectivity index (χ4n) is 0.649. The van der Waals surface area contributed by atoms with Crippen LogP contribution in [0, 0.1) is 11.3 Å². The molecule has 0 aliphatic rings. The van der Waals surface area contributed by atoms with Gasteiger partial charge in [-0.2, -0.15) is 5.26 Å². The molecule has 1 aromatic carbocycles. The van der Waals surface area contributed by atoms with Crippen LogP contribution in [0.15, 0.2) is 16.6 Å². The molecule has 2 N–H and O–H groups in total. The van der Waals surface area contributed by atoms with E-state index in [0.717, 1.165) is 0 Å². The fraction of sp³-hybridized carbons (Fsp3) is 0. The van der Waals surface area contributed by atoms with E-state index in [9.17, 15) is 0 Å². The van der Waals surface area contributed by atoms with E-state index in [1.165, 1.54) is 12.1 Å².